The van der Waals surface area contributed by atoms with Gasteiger partial charge in [-0.2, -0.15) is 39.5 Å². The number of nitrogens with zero attached hydrogens (tertiary/aromatic N) is 5. The van der Waals surface area contributed by atoms with Gasteiger partial charge in [0, 0.05) is 31.0 Å². The molecule has 4 heterocycles. The molecule has 0 unspecified atom stereocenters. The summed E-state index contributed by atoms with van der Waals surface area (Å²) in [6.45, 7) is 7.93. The highest BCUT2D eigenvalue weighted by molar-refractivity contribution is 6.03. The summed E-state index contributed by atoms with van der Waals surface area (Å²) in [4.78, 5) is 49.4. The summed E-state index contributed by atoms with van der Waals surface area (Å²) in [7, 11) is 0. The van der Waals surface area contributed by atoms with Gasteiger partial charge in [0.25, 0.3) is 18.9 Å². The van der Waals surface area contributed by atoms with Gasteiger partial charge in [-0.05, 0) is 72.1 Å². The Morgan fingerprint density at radius 3 is 1.80 bits per heavy atom. The van der Waals surface area contributed by atoms with Crippen LogP contribution in [0.2, 0.25) is 0 Å². The number of benzene rings is 1. The standard InChI is InChI=1S/C28H32N6O.C2F6.C2HF3O2.2CH2O2/c1-28(2,3)23-8-6-22(7-9-23)27(35)31-24-19-34-25(30-24)10-11-26(32-34)33-15-12-20(13-16-33)17-21-5-4-14-29-18-21;3-1(4,5)2(6,7)8;3-2(4,5)1(6)7;2*2-1-3/h4-11,14,18-20H,12-13,15-17H2,1-3H3,(H,31,35);;(H,6,7);2*1H,(H,2,3). The number of aromatic nitrogens is 4. The van der Waals surface area contributed by atoms with Gasteiger partial charge < -0.3 is 25.5 Å². The molecule has 4 aromatic rings. The van der Waals surface area contributed by atoms with Crippen molar-refractivity contribution in [3.8, 4) is 0 Å². The summed E-state index contributed by atoms with van der Waals surface area (Å²) in [5.74, 6) is -0.830. The average molecular weight is 813 g/mol. The second-order valence-electron chi connectivity index (χ2n) is 12.4. The summed E-state index contributed by atoms with van der Waals surface area (Å²) in [6.07, 6.45) is -8.29. The third-order valence-electron chi connectivity index (χ3n) is 7.31. The summed E-state index contributed by atoms with van der Waals surface area (Å²) < 4.78 is 96.1. The van der Waals surface area contributed by atoms with E-state index in [1.54, 1.807) is 10.7 Å². The van der Waals surface area contributed by atoms with Gasteiger partial charge in [0.2, 0.25) is 0 Å². The minimum Gasteiger partial charge on any atom is -0.483 e. The summed E-state index contributed by atoms with van der Waals surface area (Å²) in [5, 5.41) is 28.6. The van der Waals surface area contributed by atoms with Crippen molar-refractivity contribution in [1.82, 2.24) is 19.6 Å². The van der Waals surface area contributed by atoms with Crippen LogP contribution in [0.4, 0.5) is 51.1 Å². The Labute approximate surface area is 312 Å². The van der Waals surface area contributed by atoms with Gasteiger partial charge in [-0.3, -0.25) is 19.4 Å². The molecule has 308 valence electrons. The van der Waals surface area contributed by atoms with Gasteiger partial charge in [-0.15, -0.1) is 5.10 Å². The van der Waals surface area contributed by atoms with E-state index in [0.29, 0.717) is 22.9 Å². The zero-order valence-electron chi connectivity index (χ0n) is 29.7. The van der Waals surface area contributed by atoms with Gasteiger partial charge in [0.05, 0.1) is 6.20 Å². The molecule has 13 nitrogen and oxygen atoms in total. The molecule has 22 heteroatoms. The third-order valence-corrected chi connectivity index (χ3v) is 7.31. The lowest BCUT2D eigenvalue weighted by Gasteiger charge is -2.32. The molecular weight excluding hydrogens is 775 g/mol. The van der Waals surface area contributed by atoms with E-state index in [2.05, 4.69) is 47.0 Å². The maximum absolute atomic E-state index is 12.7. The SMILES string of the molecule is CC(C)(C)c1ccc(C(=O)Nc2cn3nc(N4CCC(Cc5cccnc5)CC4)ccc3n2)cc1.FC(F)(F)C(F)(F)F.O=C(O)C(F)(F)F.O=CO.O=CO. The van der Waals surface area contributed by atoms with Crippen molar-refractivity contribution >= 4 is 42.1 Å². The lowest BCUT2D eigenvalue weighted by molar-refractivity contribution is -0.339. The number of halogens is 9. The van der Waals surface area contributed by atoms with E-state index in [-0.39, 0.29) is 24.3 Å². The highest BCUT2D eigenvalue weighted by Crippen LogP contribution is 2.36. The first kappa shape index (κ1) is 48.1. The number of anilines is 2. The Bertz CT molecular complexity index is 1800. The van der Waals surface area contributed by atoms with E-state index < -0.39 is 24.5 Å². The van der Waals surface area contributed by atoms with Gasteiger partial charge in [0.15, 0.2) is 11.5 Å². The number of piperidine rings is 1. The zero-order chi connectivity index (χ0) is 42.9. The zero-order valence-corrected chi connectivity index (χ0v) is 29.7. The molecule has 0 atom stereocenters. The number of carboxylic acid groups (broad SMARTS) is 3. The number of hydrogen-bond donors (Lipinski definition) is 4. The van der Waals surface area contributed by atoms with Crippen LogP contribution in [0.1, 0.15) is 55.1 Å². The number of hydrogen-bond acceptors (Lipinski definition) is 8. The summed E-state index contributed by atoms with van der Waals surface area (Å²) in [5.41, 5.74) is 3.87. The molecule has 1 saturated heterocycles. The fourth-order valence-electron chi connectivity index (χ4n) is 4.63. The number of pyridine rings is 1. The molecule has 1 aromatic carbocycles. The highest BCUT2D eigenvalue weighted by Gasteiger charge is 2.58. The summed E-state index contributed by atoms with van der Waals surface area (Å²) >= 11 is 0. The van der Waals surface area contributed by atoms with Gasteiger partial charge in [-0.25, -0.2) is 14.3 Å². The Balaban J connectivity index is 0.000000616. The van der Waals surface area contributed by atoms with Crippen LogP contribution in [0.15, 0.2) is 67.1 Å². The van der Waals surface area contributed by atoms with Crippen molar-refractivity contribution in [2.24, 2.45) is 5.92 Å². The molecule has 0 radical (unpaired) electrons. The van der Waals surface area contributed by atoms with Crippen molar-refractivity contribution in [3.63, 3.8) is 0 Å². The smallest absolute Gasteiger partial charge is 0.483 e. The van der Waals surface area contributed by atoms with E-state index in [1.807, 2.05) is 54.9 Å². The molecule has 0 spiro atoms. The van der Waals surface area contributed by atoms with Crippen molar-refractivity contribution in [2.45, 2.75) is 64.0 Å². The minimum absolute atomic E-state index is 0.0502. The van der Waals surface area contributed by atoms with Crippen LogP contribution >= 0.6 is 0 Å². The molecule has 4 N–H and O–H groups in total. The average Bonchev–Trinajstić information content (AvgIpc) is 3.50. The number of carbonyl (C=O) groups is 4. The lowest BCUT2D eigenvalue weighted by Crippen LogP contribution is -2.35. The molecule has 1 aliphatic heterocycles. The van der Waals surface area contributed by atoms with Crippen LogP contribution in [0.3, 0.4) is 0 Å². The van der Waals surface area contributed by atoms with Crippen LogP contribution in [0.5, 0.6) is 0 Å². The number of rotatable bonds is 5. The number of alkyl halides is 9. The van der Waals surface area contributed by atoms with E-state index >= 15 is 0 Å². The molecular formula is C34H37F9N6O7. The molecule has 1 fully saturated rings. The Kier molecular flexibility index (Phi) is 18.2. The van der Waals surface area contributed by atoms with Gasteiger partial charge in [-0.1, -0.05) is 39.0 Å². The number of carbonyl (C=O) groups excluding carboxylic acids is 1. The first-order valence-corrected chi connectivity index (χ1v) is 15.9. The number of fused-ring (bicyclic) bond motifs is 1. The summed E-state index contributed by atoms with van der Waals surface area (Å²) in [6, 6.07) is 15.9. The topological polar surface area (TPSA) is 187 Å². The number of imidazole rings is 1. The molecule has 0 saturated carbocycles. The Hall–Kier alpha value is -5.96. The number of nitrogens with one attached hydrogen (secondary N) is 1. The van der Waals surface area contributed by atoms with Crippen LogP contribution < -0.4 is 10.2 Å². The van der Waals surface area contributed by atoms with Crippen LogP contribution in [-0.2, 0) is 26.2 Å². The maximum atomic E-state index is 12.7. The van der Waals surface area contributed by atoms with Crippen molar-refractivity contribution in [2.75, 3.05) is 23.3 Å². The molecule has 0 bridgehead atoms. The maximum Gasteiger partial charge on any atom is 0.490 e. The molecule has 1 aliphatic rings. The molecule has 5 rings (SSSR count). The predicted molar refractivity (Wildman–Crippen MR) is 182 cm³/mol. The Morgan fingerprint density at radius 1 is 0.857 bits per heavy atom. The van der Waals surface area contributed by atoms with Crippen LogP contribution in [0.25, 0.3) is 5.65 Å². The number of aliphatic carboxylic acids is 1. The molecule has 1 amide bonds. The molecule has 56 heavy (non-hydrogen) atoms. The number of carboxylic acids is 1. The van der Waals surface area contributed by atoms with Crippen molar-refractivity contribution in [1.29, 1.82) is 0 Å². The van der Waals surface area contributed by atoms with E-state index in [4.69, 9.17) is 34.8 Å². The van der Waals surface area contributed by atoms with Crippen molar-refractivity contribution < 1.29 is 74.0 Å². The third kappa shape index (κ3) is 16.6. The Morgan fingerprint density at radius 2 is 1.38 bits per heavy atom. The van der Waals surface area contributed by atoms with E-state index in [1.165, 1.54) is 11.1 Å². The minimum atomic E-state index is -6.06. The lowest BCUT2D eigenvalue weighted by atomic mass is 9.87. The van der Waals surface area contributed by atoms with Gasteiger partial charge in [0.1, 0.15) is 5.82 Å². The number of amides is 1. The quantitative estimate of drug-likeness (QED) is 0.117. The van der Waals surface area contributed by atoms with E-state index in [0.717, 1.165) is 38.2 Å². The second kappa shape index (κ2) is 21.2. The normalized spacial score (nSPS) is 13.2. The molecule has 0 aliphatic carbocycles. The second-order valence-corrected chi connectivity index (χ2v) is 12.4. The van der Waals surface area contributed by atoms with Crippen molar-refractivity contribution in [3.05, 3.63) is 83.8 Å². The largest absolute Gasteiger partial charge is 0.490 e. The van der Waals surface area contributed by atoms with Crippen LogP contribution in [0, 0.1) is 5.92 Å². The molecule has 3 aromatic heterocycles. The monoisotopic (exact) mass is 812 g/mol. The first-order valence-electron chi connectivity index (χ1n) is 15.9. The predicted octanol–water partition coefficient (Wildman–Crippen LogP) is 7.28. The van der Waals surface area contributed by atoms with Gasteiger partial charge >= 0.3 is 24.5 Å². The fraction of sp³-hybridized carbons (Fsp3) is 0.382. The first-order chi connectivity index (χ1) is 25.9. The van der Waals surface area contributed by atoms with Crippen LogP contribution in [-0.4, -0.2) is 91.3 Å². The van der Waals surface area contributed by atoms with E-state index in [9.17, 15) is 44.3 Å². The highest BCUT2D eigenvalue weighted by atomic mass is 19.5. The fourth-order valence-corrected chi connectivity index (χ4v) is 4.63.